The summed E-state index contributed by atoms with van der Waals surface area (Å²) in [6, 6.07) is 0. The molecule has 0 atom stereocenters. The molecule has 1 aliphatic rings. The second kappa shape index (κ2) is 8.04. The number of alkyl halides is 3. The number of hydrogen-bond acceptors (Lipinski definition) is 3. The van der Waals surface area contributed by atoms with Crippen LogP contribution in [0.1, 0.15) is 46.5 Å². The second-order valence-electron chi connectivity index (χ2n) is 6.89. The van der Waals surface area contributed by atoms with E-state index in [1.807, 2.05) is 0 Å². The molecule has 1 fully saturated rings. The maximum absolute atomic E-state index is 12.5. The number of nitrogens with one attached hydrogen (secondary N) is 2. The van der Waals surface area contributed by atoms with Gasteiger partial charge in [0, 0.05) is 13.1 Å². The SMILES string of the molecule is CC(C)(C)OC(=O)NCCNCC1CCC(C(F)(F)F)CC1. The highest BCUT2D eigenvalue weighted by atomic mass is 19.4. The van der Waals surface area contributed by atoms with Gasteiger partial charge in [0.15, 0.2) is 0 Å². The van der Waals surface area contributed by atoms with Gasteiger partial charge in [0.25, 0.3) is 0 Å². The summed E-state index contributed by atoms with van der Waals surface area (Å²) in [5.74, 6) is -0.835. The maximum Gasteiger partial charge on any atom is 0.407 e. The first-order chi connectivity index (χ1) is 10.1. The van der Waals surface area contributed by atoms with Gasteiger partial charge in [-0.3, -0.25) is 0 Å². The Morgan fingerprint density at radius 3 is 2.18 bits per heavy atom. The molecule has 0 spiro atoms. The predicted octanol–water partition coefficient (Wildman–Crippen LogP) is 3.47. The van der Waals surface area contributed by atoms with Crippen LogP contribution in [0.25, 0.3) is 0 Å². The summed E-state index contributed by atoms with van der Waals surface area (Å²) in [5, 5.41) is 5.81. The van der Waals surface area contributed by atoms with Crippen molar-refractivity contribution in [1.82, 2.24) is 10.6 Å². The average molecular weight is 324 g/mol. The van der Waals surface area contributed by atoms with Crippen molar-refractivity contribution >= 4 is 6.09 Å². The van der Waals surface area contributed by atoms with Gasteiger partial charge in [-0.05, 0) is 58.9 Å². The lowest BCUT2D eigenvalue weighted by molar-refractivity contribution is -0.183. The lowest BCUT2D eigenvalue weighted by Gasteiger charge is -2.30. The van der Waals surface area contributed by atoms with Crippen LogP contribution in [-0.4, -0.2) is 37.5 Å². The first-order valence-electron chi connectivity index (χ1n) is 7.82. The predicted molar refractivity (Wildman–Crippen MR) is 78.6 cm³/mol. The summed E-state index contributed by atoms with van der Waals surface area (Å²) >= 11 is 0. The molecule has 7 heteroatoms. The molecular formula is C15H27F3N2O2. The Labute approximate surface area is 130 Å². The summed E-state index contributed by atoms with van der Waals surface area (Å²) in [5.41, 5.74) is -0.519. The van der Waals surface area contributed by atoms with Crippen molar-refractivity contribution in [3.05, 3.63) is 0 Å². The van der Waals surface area contributed by atoms with Gasteiger partial charge in [-0.1, -0.05) is 0 Å². The standard InChI is InChI=1S/C15H27F3N2O2/c1-14(2,3)22-13(21)20-9-8-19-10-11-4-6-12(7-5-11)15(16,17)18/h11-12,19H,4-10H2,1-3H3,(H,20,21). The third-order valence-corrected chi connectivity index (χ3v) is 3.71. The van der Waals surface area contributed by atoms with Crippen LogP contribution in [0.3, 0.4) is 0 Å². The zero-order valence-corrected chi connectivity index (χ0v) is 13.6. The zero-order chi connectivity index (χ0) is 16.8. The van der Waals surface area contributed by atoms with Crippen LogP contribution in [0.2, 0.25) is 0 Å². The Bertz CT molecular complexity index is 346. The van der Waals surface area contributed by atoms with Crippen molar-refractivity contribution < 1.29 is 22.7 Å². The molecule has 0 aromatic carbocycles. The van der Waals surface area contributed by atoms with Crippen molar-refractivity contribution in [2.75, 3.05) is 19.6 Å². The Balaban J connectivity index is 2.06. The Kier molecular flexibility index (Phi) is 6.97. The van der Waals surface area contributed by atoms with Gasteiger partial charge < -0.3 is 15.4 Å². The first kappa shape index (κ1) is 19.1. The highest BCUT2D eigenvalue weighted by molar-refractivity contribution is 5.67. The van der Waals surface area contributed by atoms with E-state index in [1.165, 1.54) is 0 Å². The third kappa shape index (κ3) is 7.87. The molecule has 0 aromatic heterocycles. The monoisotopic (exact) mass is 324 g/mol. The molecule has 22 heavy (non-hydrogen) atoms. The molecular weight excluding hydrogens is 297 g/mol. The van der Waals surface area contributed by atoms with E-state index in [0.29, 0.717) is 38.4 Å². The van der Waals surface area contributed by atoms with Gasteiger partial charge in [0.1, 0.15) is 5.60 Å². The number of carbonyl (C=O) groups excluding carboxylic acids is 1. The number of carbonyl (C=O) groups is 1. The molecule has 1 amide bonds. The Morgan fingerprint density at radius 2 is 1.68 bits per heavy atom. The van der Waals surface area contributed by atoms with Crippen molar-refractivity contribution in [3.8, 4) is 0 Å². The van der Waals surface area contributed by atoms with E-state index in [2.05, 4.69) is 10.6 Å². The van der Waals surface area contributed by atoms with E-state index >= 15 is 0 Å². The lowest BCUT2D eigenvalue weighted by atomic mass is 9.81. The molecule has 0 bridgehead atoms. The quantitative estimate of drug-likeness (QED) is 0.761. The summed E-state index contributed by atoms with van der Waals surface area (Å²) < 4.78 is 42.7. The average Bonchev–Trinajstić information content (AvgIpc) is 2.35. The maximum atomic E-state index is 12.5. The van der Waals surface area contributed by atoms with Gasteiger partial charge in [0.2, 0.25) is 0 Å². The number of rotatable bonds is 5. The molecule has 0 unspecified atom stereocenters. The fourth-order valence-corrected chi connectivity index (χ4v) is 2.57. The molecule has 4 nitrogen and oxygen atoms in total. The molecule has 2 N–H and O–H groups in total. The van der Waals surface area contributed by atoms with Crippen LogP contribution >= 0.6 is 0 Å². The number of halogens is 3. The molecule has 1 saturated carbocycles. The van der Waals surface area contributed by atoms with Crippen molar-refractivity contribution in [3.63, 3.8) is 0 Å². The second-order valence-corrected chi connectivity index (χ2v) is 6.89. The van der Waals surface area contributed by atoms with Crippen molar-refractivity contribution in [2.24, 2.45) is 11.8 Å². The van der Waals surface area contributed by atoms with Gasteiger partial charge in [0.05, 0.1) is 5.92 Å². The topological polar surface area (TPSA) is 50.4 Å². The molecule has 1 rings (SSSR count). The van der Waals surface area contributed by atoms with Crippen molar-refractivity contribution in [1.29, 1.82) is 0 Å². The summed E-state index contributed by atoms with van der Waals surface area (Å²) in [6.07, 6.45) is -2.83. The van der Waals surface area contributed by atoms with E-state index in [9.17, 15) is 18.0 Å². The van der Waals surface area contributed by atoms with Crippen LogP contribution in [0.4, 0.5) is 18.0 Å². The summed E-state index contributed by atoms with van der Waals surface area (Å²) in [6.45, 7) is 7.10. The number of amides is 1. The summed E-state index contributed by atoms with van der Waals surface area (Å²) in [7, 11) is 0. The van der Waals surface area contributed by atoms with Crippen molar-refractivity contribution in [2.45, 2.75) is 58.2 Å². The number of ether oxygens (including phenoxy) is 1. The molecule has 130 valence electrons. The number of hydrogen-bond donors (Lipinski definition) is 2. The van der Waals surface area contributed by atoms with E-state index < -0.39 is 23.8 Å². The normalized spacial score (nSPS) is 23.2. The molecule has 1 aliphatic carbocycles. The molecule has 0 heterocycles. The van der Waals surface area contributed by atoms with E-state index in [1.54, 1.807) is 20.8 Å². The molecule has 0 saturated heterocycles. The molecule has 0 aliphatic heterocycles. The molecule has 0 aromatic rings. The zero-order valence-electron chi connectivity index (χ0n) is 13.6. The largest absolute Gasteiger partial charge is 0.444 e. The minimum atomic E-state index is -4.05. The minimum absolute atomic E-state index is 0.228. The third-order valence-electron chi connectivity index (χ3n) is 3.71. The van der Waals surface area contributed by atoms with Crippen LogP contribution in [-0.2, 0) is 4.74 Å². The highest BCUT2D eigenvalue weighted by Crippen LogP contribution is 2.39. The first-order valence-corrected chi connectivity index (χ1v) is 7.82. The Hall–Kier alpha value is -0.980. The van der Waals surface area contributed by atoms with Gasteiger partial charge >= 0.3 is 12.3 Å². The van der Waals surface area contributed by atoms with Crippen LogP contribution in [0.5, 0.6) is 0 Å². The molecule has 0 radical (unpaired) electrons. The highest BCUT2D eigenvalue weighted by Gasteiger charge is 2.41. The van der Waals surface area contributed by atoms with Crippen LogP contribution in [0.15, 0.2) is 0 Å². The van der Waals surface area contributed by atoms with E-state index in [0.717, 1.165) is 0 Å². The van der Waals surface area contributed by atoms with Gasteiger partial charge in [-0.25, -0.2) is 4.79 Å². The summed E-state index contributed by atoms with van der Waals surface area (Å²) in [4.78, 5) is 11.4. The lowest BCUT2D eigenvalue weighted by Crippen LogP contribution is -2.38. The fraction of sp³-hybridized carbons (Fsp3) is 0.933. The minimum Gasteiger partial charge on any atom is -0.444 e. The smallest absolute Gasteiger partial charge is 0.407 e. The van der Waals surface area contributed by atoms with Crippen LogP contribution in [0, 0.1) is 11.8 Å². The van der Waals surface area contributed by atoms with E-state index in [-0.39, 0.29) is 12.8 Å². The van der Waals surface area contributed by atoms with Gasteiger partial charge in [-0.2, -0.15) is 13.2 Å². The van der Waals surface area contributed by atoms with Crippen LogP contribution < -0.4 is 10.6 Å². The Morgan fingerprint density at radius 1 is 1.09 bits per heavy atom. The van der Waals surface area contributed by atoms with Gasteiger partial charge in [-0.15, -0.1) is 0 Å². The number of alkyl carbamates (subject to hydrolysis) is 1. The fourth-order valence-electron chi connectivity index (χ4n) is 2.57. The van der Waals surface area contributed by atoms with E-state index in [4.69, 9.17) is 4.74 Å².